The van der Waals surface area contributed by atoms with Gasteiger partial charge in [-0.15, -0.1) is 11.3 Å². The maximum atomic E-state index is 12.4. The van der Waals surface area contributed by atoms with Crippen molar-refractivity contribution in [3.8, 4) is 11.4 Å². The van der Waals surface area contributed by atoms with E-state index in [2.05, 4.69) is 9.97 Å². The number of alkyl halides is 3. The van der Waals surface area contributed by atoms with Crippen LogP contribution in [0.1, 0.15) is 15.4 Å². The van der Waals surface area contributed by atoms with E-state index < -0.39 is 11.9 Å². The molecule has 7 heteroatoms. The number of nitrogens with zero attached hydrogens (tertiary/aromatic N) is 2. The van der Waals surface area contributed by atoms with Gasteiger partial charge in [-0.3, -0.25) is 4.79 Å². The Balaban J connectivity index is 2.42. The zero-order chi connectivity index (χ0) is 12.5. The fourth-order valence-corrected chi connectivity index (χ4v) is 1.87. The van der Waals surface area contributed by atoms with Gasteiger partial charge in [0.1, 0.15) is 5.69 Å². The first-order valence-electron chi connectivity index (χ1n) is 4.45. The van der Waals surface area contributed by atoms with Gasteiger partial charge in [0, 0.05) is 17.1 Å². The van der Waals surface area contributed by atoms with Crippen LogP contribution in [0.15, 0.2) is 23.7 Å². The molecule has 0 aliphatic rings. The van der Waals surface area contributed by atoms with E-state index in [1.54, 1.807) is 5.38 Å². The molecule has 2 aromatic rings. The van der Waals surface area contributed by atoms with Gasteiger partial charge in [0.05, 0.1) is 4.88 Å². The molecule has 0 saturated carbocycles. The molecule has 2 aromatic heterocycles. The maximum absolute atomic E-state index is 12.4. The largest absolute Gasteiger partial charge is 0.433 e. The third-order valence-electron chi connectivity index (χ3n) is 1.94. The Kier molecular flexibility index (Phi) is 2.93. The van der Waals surface area contributed by atoms with Gasteiger partial charge in [0.15, 0.2) is 12.1 Å². The molecule has 0 aliphatic heterocycles. The zero-order valence-electron chi connectivity index (χ0n) is 8.23. The Bertz CT molecular complexity index is 550. The van der Waals surface area contributed by atoms with Crippen LogP contribution in [0.25, 0.3) is 11.4 Å². The van der Waals surface area contributed by atoms with E-state index in [9.17, 15) is 18.0 Å². The number of aromatic nitrogens is 2. The number of hydrogen-bond acceptors (Lipinski definition) is 4. The summed E-state index contributed by atoms with van der Waals surface area (Å²) in [5, 5.41) is 1.54. The highest BCUT2D eigenvalue weighted by Crippen LogP contribution is 2.29. The summed E-state index contributed by atoms with van der Waals surface area (Å²) >= 11 is 1.13. The SMILES string of the molecule is O=Cc1cc(-c2nccc(C(F)(F)F)n2)cs1. The average Bonchev–Trinajstić information content (AvgIpc) is 2.76. The van der Waals surface area contributed by atoms with Crippen molar-refractivity contribution in [2.75, 3.05) is 0 Å². The Hall–Kier alpha value is -1.76. The Morgan fingerprint density at radius 3 is 2.71 bits per heavy atom. The first kappa shape index (κ1) is 11.7. The summed E-state index contributed by atoms with van der Waals surface area (Å²) in [6.07, 6.45) is -2.83. The predicted molar refractivity (Wildman–Crippen MR) is 55.7 cm³/mol. The minimum absolute atomic E-state index is 0.0378. The van der Waals surface area contributed by atoms with Crippen molar-refractivity contribution in [1.82, 2.24) is 9.97 Å². The van der Waals surface area contributed by atoms with Gasteiger partial charge < -0.3 is 0 Å². The Morgan fingerprint density at radius 2 is 2.12 bits per heavy atom. The fourth-order valence-electron chi connectivity index (χ4n) is 1.19. The molecular weight excluding hydrogens is 253 g/mol. The van der Waals surface area contributed by atoms with E-state index in [1.165, 1.54) is 6.07 Å². The lowest BCUT2D eigenvalue weighted by atomic mass is 10.3. The molecule has 88 valence electrons. The van der Waals surface area contributed by atoms with Crippen molar-refractivity contribution in [3.05, 3.63) is 34.3 Å². The van der Waals surface area contributed by atoms with Crippen LogP contribution in [0, 0.1) is 0 Å². The van der Waals surface area contributed by atoms with Gasteiger partial charge in [0.2, 0.25) is 0 Å². The molecular formula is C10H5F3N2OS. The molecule has 0 amide bonds. The van der Waals surface area contributed by atoms with Crippen LogP contribution in [0.5, 0.6) is 0 Å². The number of thiophene rings is 1. The number of aldehydes is 1. The first-order valence-corrected chi connectivity index (χ1v) is 5.33. The number of carbonyl (C=O) groups excluding carboxylic acids is 1. The van der Waals surface area contributed by atoms with Gasteiger partial charge in [-0.25, -0.2) is 9.97 Å². The van der Waals surface area contributed by atoms with Crippen molar-refractivity contribution < 1.29 is 18.0 Å². The molecule has 0 spiro atoms. The van der Waals surface area contributed by atoms with Crippen LogP contribution in [-0.4, -0.2) is 16.3 Å². The smallest absolute Gasteiger partial charge is 0.297 e. The van der Waals surface area contributed by atoms with Crippen molar-refractivity contribution in [2.45, 2.75) is 6.18 Å². The standard InChI is InChI=1S/C10H5F3N2OS/c11-10(12,13)8-1-2-14-9(15-8)6-3-7(4-16)17-5-6/h1-5H. The van der Waals surface area contributed by atoms with Gasteiger partial charge >= 0.3 is 6.18 Å². The summed E-state index contributed by atoms with van der Waals surface area (Å²) in [5.41, 5.74) is -0.593. The lowest BCUT2D eigenvalue weighted by Crippen LogP contribution is -2.08. The Labute approximate surface area is 98.0 Å². The van der Waals surface area contributed by atoms with E-state index in [0.717, 1.165) is 23.6 Å². The topological polar surface area (TPSA) is 42.9 Å². The van der Waals surface area contributed by atoms with Crippen LogP contribution in [0.3, 0.4) is 0 Å². The number of rotatable bonds is 2. The van der Waals surface area contributed by atoms with Gasteiger partial charge in [-0.05, 0) is 12.1 Å². The minimum atomic E-state index is -4.50. The summed E-state index contributed by atoms with van der Waals surface area (Å²) in [6.45, 7) is 0. The molecule has 17 heavy (non-hydrogen) atoms. The molecule has 0 saturated heterocycles. The minimum Gasteiger partial charge on any atom is -0.297 e. The highest BCUT2D eigenvalue weighted by molar-refractivity contribution is 7.12. The zero-order valence-corrected chi connectivity index (χ0v) is 9.05. The average molecular weight is 258 g/mol. The second kappa shape index (κ2) is 4.25. The van der Waals surface area contributed by atoms with Gasteiger partial charge in [-0.1, -0.05) is 0 Å². The summed E-state index contributed by atoms with van der Waals surface area (Å²) in [6, 6.07) is 2.25. The van der Waals surface area contributed by atoms with Gasteiger partial charge in [0.25, 0.3) is 0 Å². The van der Waals surface area contributed by atoms with E-state index in [4.69, 9.17) is 0 Å². The normalized spacial score (nSPS) is 11.5. The van der Waals surface area contributed by atoms with Gasteiger partial charge in [-0.2, -0.15) is 13.2 Å². The third-order valence-corrected chi connectivity index (χ3v) is 2.80. The fraction of sp³-hybridized carbons (Fsp3) is 0.100. The number of carbonyl (C=O) groups is 1. The van der Waals surface area contributed by atoms with Crippen LogP contribution in [-0.2, 0) is 6.18 Å². The van der Waals surface area contributed by atoms with Crippen LogP contribution < -0.4 is 0 Å². The molecule has 0 bridgehead atoms. The van der Waals surface area contributed by atoms with Crippen molar-refractivity contribution in [1.29, 1.82) is 0 Å². The molecule has 2 rings (SSSR count). The first-order chi connectivity index (χ1) is 8.00. The van der Waals surface area contributed by atoms with E-state index in [0.29, 0.717) is 16.7 Å². The quantitative estimate of drug-likeness (QED) is 0.777. The molecule has 0 fully saturated rings. The molecule has 0 aromatic carbocycles. The van der Waals surface area contributed by atoms with E-state index in [1.807, 2.05) is 0 Å². The highest BCUT2D eigenvalue weighted by Gasteiger charge is 2.32. The molecule has 0 unspecified atom stereocenters. The lowest BCUT2D eigenvalue weighted by Gasteiger charge is -2.05. The van der Waals surface area contributed by atoms with E-state index >= 15 is 0 Å². The summed E-state index contributed by atoms with van der Waals surface area (Å²) in [4.78, 5) is 18.1. The monoisotopic (exact) mass is 258 g/mol. The number of hydrogen-bond donors (Lipinski definition) is 0. The maximum Gasteiger partial charge on any atom is 0.433 e. The highest BCUT2D eigenvalue weighted by atomic mass is 32.1. The van der Waals surface area contributed by atoms with Crippen LogP contribution >= 0.6 is 11.3 Å². The molecule has 3 nitrogen and oxygen atoms in total. The van der Waals surface area contributed by atoms with Crippen molar-refractivity contribution in [2.24, 2.45) is 0 Å². The third kappa shape index (κ3) is 2.50. The Morgan fingerprint density at radius 1 is 1.35 bits per heavy atom. The lowest BCUT2D eigenvalue weighted by molar-refractivity contribution is -0.141. The van der Waals surface area contributed by atoms with Crippen LogP contribution in [0.2, 0.25) is 0 Å². The number of halogens is 3. The van der Waals surface area contributed by atoms with Crippen molar-refractivity contribution in [3.63, 3.8) is 0 Å². The summed E-state index contributed by atoms with van der Waals surface area (Å²) in [5.74, 6) is -0.0378. The van der Waals surface area contributed by atoms with Crippen LogP contribution in [0.4, 0.5) is 13.2 Å². The second-order valence-corrected chi connectivity index (χ2v) is 4.06. The molecule has 0 aliphatic carbocycles. The molecule has 0 atom stereocenters. The van der Waals surface area contributed by atoms with Crippen molar-refractivity contribution >= 4 is 17.6 Å². The molecule has 0 N–H and O–H groups in total. The van der Waals surface area contributed by atoms with E-state index in [-0.39, 0.29) is 5.82 Å². The summed E-state index contributed by atoms with van der Waals surface area (Å²) < 4.78 is 37.2. The molecule has 0 radical (unpaired) electrons. The second-order valence-electron chi connectivity index (χ2n) is 3.12. The summed E-state index contributed by atoms with van der Waals surface area (Å²) in [7, 11) is 0. The molecule has 2 heterocycles. The predicted octanol–water partition coefficient (Wildman–Crippen LogP) is 3.04.